The SMILES string of the molecule is c1ccc(-n2c3cccc(-c4ccc(-c5nc6ccc7oc8ccccc8c7c6s5)cc4)c3c3ccc4ccccc4c32)cc1. The molecule has 0 aliphatic heterocycles. The van der Waals surface area contributed by atoms with E-state index in [1.807, 2.05) is 18.2 Å². The molecule has 4 heteroatoms. The molecule has 3 heterocycles. The lowest BCUT2D eigenvalue weighted by Gasteiger charge is -2.10. The van der Waals surface area contributed by atoms with Crippen molar-refractivity contribution in [2.45, 2.75) is 0 Å². The van der Waals surface area contributed by atoms with E-state index in [0.29, 0.717) is 0 Å². The summed E-state index contributed by atoms with van der Waals surface area (Å²) in [5.41, 5.74) is 9.97. The summed E-state index contributed by atoms with van der Waals surface area (Å²) in [6, 6.07) is 51.9. The van der Waals surface area contributed by atoms with Gasteiger partial charge in [-0.3, -0.25) is 0 Å². The molecule has 0 radical (unpaired) electrons. The third-order valence-corrected chi connectivity index (χ3v) is 10.2. The Morgan fingerprint density at radius 3 is 2.20 bits per heavy atom. The number of para-hydroxylation sites is 2. The average Bonchev–Trinajstić information content (AvgIpc) is 3.80. The van der Waals surface area contributed by atoms with Crippen molar-refractivity contribution in [2.75, 3.05) is 0 Å². The van der Waals surface area contributed by atoms with Crippen LogP contribution in [0.15, 0.2) is 150 Å². The highest BCUT2D eigenvalue weighted by Gasteiger charge is 2.19. The van der Waals surface area contributed by atoms with E-state index in [9.17, 15) is 0 Å². The molecular weight excluding hydrogens is 569 g/mol. The number of rotatable bonds is 3. The Bertz CT molecular complexity index is 2750. The van der Waals surface area contributed by atoms with Crippen molar-refractivity contribution in [3.8, 4) is 27.4 Å². The normalized spacial score (nSPS) is 12.0. The maximum Gasteiger partial charge on any atom is 0.137 e. The molecule has 0 amide bonds. The number of hydrogen-bond donors (Lipinski definition) is 0. The Balaban J connectivity index is 1.16. The van der Waals surface area contributed by atoms with Gasteiger partial charge in [0.05, 0.1) is 21.3 Å². The smallest absolute Gasteiger partial charge is 0.137 e. The van der Waals surface area contributed by atoms with E-state index in [2.05, 4.69) is 132 Å². The third kappa shape index (κ3) is 3.60. The first-order chi connectivity index (χ1) is 22.3. The van der Waals surface area contributed by atoms with Crippen molar-refractivity contribution in [2.24, 2.45) is 0 Å². The van der Waals surface area contributed by atoms with Gasteiger partial charge in [-0.25, -0.2) is 4.98 Å². The second-order valence-electron chi connectivity index (χ2n) is 11.5. The van der Waals surface area contributed by atoms with Crippen LogP contribution in [-0.2, 0) is 0 Å². The van der Waals surface area contributed by atoms with Gasteiger partial charge in [0.25, 0.3) is 0 Å². The molecule has 0 atom stereocenters. The fourth-order valence-electron chi connectivity index (χ4n) is 7.02. The molecule has 10 rings (SSSR count). The van der Waals surface area contributed by atoms with E-state index >= 15 is 0 Å². The van der Waals surface area contributed by atoms with E-state index in [-0.39, 0.29) is 0 Å². The Morgan fingerprint density at radius 1 is 0.533 bits per heavy atom. The van der Waals surface area contributed by atoms with Crippen molar-refractivity contribution in [1.29, 1.82) is 0 Å². The Morgan fingerprint density at radius 2 is 1.31 bits per heavy atom. The molecule has 3 nitrogen and oxygen atoms in total. The van der Waals surface area contributed by atoms with Crippen LogP contribution >= 0.6 is 11.3 Å². The minimum atomic E-state index is 0.907. The summed E-state index contributed by atoms with van der Waals surface area (Å²) in [6.07, 6.45) is 0. The molecule has 0 saturated heterocycles. The molecule has 0 unspecified atom stereocenters. The summed E-state index contributed by atoms with van der Waals surface area (Å²) in [5.74, 6) is 0. The van der Waals surface area contributed by atoms with Crippen LogP contribution in [0.5, 0.6) is 0 Å². The fourth-order valence-corrected chi connectivity index (χ4v) is 8.15. The van der Waals surface area contributed by atoms with Crippen molar-refractivity contribution in [3.63, 3.8) is 0 Å². The molecule has 45 heavy (non-hydrogen) atoms. The molecule has 210 valence electrons. The second kappa shape index (κ2) is 9.39. The van der Waals surface area contributed by atoms with Gasteiger partial charge in [0.15, 0.2) is 0 Å². The van der Waals surface area contributed by atoms with E-state index < -0.39 is 0 Å². The molecule has 0 aliphatic carbocycles. The quantitative estimate of drug-likeness (QED) is 0.204. The predicted octanol–water partition coefficient (Wildman–Crippen LogP) is 11.8. The van der Waals surface area contributed by atoms with Crippen LogP contribution in [0, 0.1) is 0 Å². The van der Waals surface area contributed by atoms with Crippen LogP contribution in [0.25, 0.3) is 92.1 Å². The number of thiazole rings is 1. The molecule has 0 aliphatic rings. The van der Waals surface area contributed by atoms with Crippen LogP contribution in [0.2, 0.25) is 0 Å². The number of hydrogen-bond acceptors (Lipinski definition) is 3. The minimum Gasteiger partial charge on any atom is -0.456 e. The van der Waals surface area contributed by atoms with Gasteiger partial charge >= 0.3 is 0 Å². The Kier molecular flexibility index (Phi) is 5.16. The zero-order chi connectivity index (χ0) is 29.5. The van der Waals surface area contributed by atoms with E-state index in [0.717, 1.165) is 43.7 Å². The summed E-state index contributed by atoms with van der Waals surface area (Å²) in [6.45, 7) is 0. The first kappa shape index (κ1) is 24.7. The number of furan rings is 1. The molecule has 10 aromatic rings. The summed E-state index contributed by atoms with van der Waals surface area (Å²) < 4.78 is 9.73. The molecule has 0 saturated carbocycles. The largest absolute Gasteiger partial charge is 0.456 e. The van der Waals surface area contributed by atoms with Gasteiger partial charge in [0.2, 0.25) is 0 Å². The lowest BCUT2D eigenvalue weighted by atomic mass is 9.97. The second-order valence-corrected chi connectivity index (χ2v) is 12.5. The minimum absolute atomic E-state index is 0.907. The summed E-state index contributed by atoms with van der Waals surface area (Å²) >= 11 is 1.73. The Hall–Kier alpha value is -5.71. The van der Waals surface area contributed by atoms with Crippen LogP contribution in [-0.4, -0.2) is 9.55 Å². The van der Waals surface area contributed by atoms with Gasteiger partial charge in [0, 0.05) is 38.2 Å². The maximum atomic E-state index is 6.14. The van der Waals surface area contributed by atoms with Crippen LogP contribution in [0.4, 0.5) is 0 Å². The number of aromatic nitrogens is 2. The third-order valence-electron chi connectivity index (χ3n) is 9.03. The number of fused-ring (bicyclic) bond motifs is 10. The first-order valence-corrected chi connectivity index (χ1v) is 16.0. The zero-order valence-electron chi connectivity index (χ0n) is 24.1. The zero-order valence-corrected chi connectivity index (χ0v) is 24.9. The highest BCUT2D eigenvalue weighted by atomic mass is 32.1. The van der Waals surface area contributed by atoms with Crippen LogP contribution < -0.4 is 0 Å². The van der Waals surface area contributed by atoms with Crippen molar-refractivity contribution >= 4 is 76.1 Å². The summed E-state index contributed by atoms with van der Waals surface area (Å²) in [4.78, 5) is 5.05. The predicted molar refractivity (Wildman–Crippen MR) is 190 cm³/mol. The highest BCUT2D eigenvalue weighted by Crippen LogP contribution is 2.43. The summed E-state index contributed by atoms with van der Waals surface area (Å²) in [5, 5.41) is 8.33. The standard InChI is InChI=1S/C41H24N2OS/c1-2-10-28(11-3-1)43-34-15-8-14-29(37(34)32-22-21-25-9-4-5-12-30(25)39(32)43)26-17-19-27(20-18-26)41-42-33-23-24-36-38(40(33)45-41)31-13-6-7-16-35(31)44-36/h1-24H. The van der Waals surface area contributed by atoms with Gasteiger partial charge in [-0.1, -0.05) is 109 Å². The molecule has 0 N–H and O–H groups in total. The fraction of sp³-hybridized carbons (Fsp3) is 0. The molecular formula is C41H24N2OS. The summed E-state index contributed by atoms with van der Waals surface area (Å²) in [7, 11) is 0. The monoisotopic (exact) mass is 592 g/mol. The van der Waals surface area contributed by atoms with Crippen LogP contribution in [0.3, 0.4) is 0 Å². The van der Waals surface area contributed by atoms with Crippen LogP contribution in [0.1, 0.15) is 0 Å². The topological polar surface area (TPSA) is 31.0 Å². The van der Waals surface area contributed by atoms with Crippen molar-refractivity contribution in [3.05, 3.63) is 146 Å². The molecule has 7 aromatic carbocycles. The van der Waals surface area contributed by atoms with E-state index in [4.69, 9.17) is 9.40 Å². The molecule has 0 fully saturated rings. The lowest BCUT2D eigenvalue weighted by molar-refractivity contribution is 0.669. The highest BCUT2D eigenvalue weighted by molar-refractivity contribution is 7.22. The van der Waals surface area contributed by atoms with Crippen molar-refractivity contribution < 1.29 is 4.42 Å². The van der Waals surface area contributed by atoms with Gasteiger partial charge in [-0.2, -0.15) is 0 Å². The maximum absolute atomic E-state index is 6.14. The van der Waals surface area contributed by atoms with Gasteiger partial charge < -0.3 is 8.98 Å². The van der Waals surface area contributed by atoms with Crippen molar-refractivity contribution in [1.82, 2.24) is 9.55 Å². The first-order valence-electron chi connectivity index (χ1n) is 15.1. The average molecular weight is 593 g/mol. The molecule has 3 aromatic heterocycles. The van der Waals surface area contributed by atoms with E-state index in [1.54, 1.807) is 11.3 Å². The number of nitrogens with zero attached hydrogens (tertiary/aromatic N) is 2. The molecule has 0 spiro atoms. The number of benzene rings is 7. The molecule has 0 bridgehead atoms. The van der Waals surface area contributed by atoms with Gasteiger partial charge in [-0.15, -0.1) is 11.3 Å². The Labute approximate surface area is 262 Å². The lowest BCUT2D eigenvalue weighted by Crippen LogP contribution is -1.94. The van der Waals surface area contributed by atoms with Gasteiger partial charge in [0.1, 0.15) is 16.2 Å². The van der Waals surface area contributed by atoms with E-state index in [1.165, 1.54) is 48.4 Å². The van der Waals surface area contributed by atoms with Gasteiger partial charge in [-0.05, 0) is 52.9 Å².